The lowest BCUT2D eigenvalue weighted by molar-refractivity contribution is -0.0887. The summed E-state index contributed by atoms with van der Waals surface area (Å²) < 4.78 is 39.2. The molecule has 2 aromatic rings. The van der Waals surface area contributed by atoms with E-state index in [1.807, 2.05) is 0 Å². The van der Waals surface area contributed by atoms with Crippen LogP contribution in [0.2, 0.25) is 0 Å². The van der Waals surface area contributed by atoms with Gasteiger partial charge >= 0.3 is 6.18 Å². The fourth-order valence-corrected chi connectivity index (χ4v) is 1.85. The first-order chi connectivity index (χ1) is 7.80. The van der Waals surface area contributed by atoms with Gasteiger partial charge in [-0.2, -0.15) is 13.2 Å². The van der Waals surface area contributed by atoms with Crippen molar-refractivity contribution in [2.45, 2.75) is 13.1 Å². The molecule has 3 nitrogen and oxygen atoms in total. The number of nitrogens with zero attached hydrogens (tertiary/aromatic N) is 2. The van der Waals surface area contributed by atoms with Crippen molar-refractivity contribution in [1.29, 1.82) is 0 Å². The van der Waals surface area contributed by atoms with E-state index in [2.05, 4.69) is 20.9 Å². The summed E-state index contributed by atoms with van der Waals surface area (Å²) in [5.74, 6) is -1.60. The molecule has 0 bridgehead atoms. The highest BCUT2D eigenvalue weighted by Crippen LogP contribution is 2.25. The van der Waals surface area contributed by atoms with Gasteiger partial charge in [0, 0.05) is 10.7 Å². The van der Waals surface area contributed by atoms with E-state index < -0.39 is 17.7 Å². The number of hydrogen-bond acceptors (Lipinski definition) is 2. The van der Waals surface area contributed by atoms with Gasteiger partial charge in [0.2, 0.25) is 0 Å². The molecule has 7 heteroatoms. The largest absolute Gasteiger partial charge is 0.456 e. The summed E-state index contributed by atoms with van der Waals surface area (Å²) in [6, 6.07) is 2.98. The third-order valence-electron chi connectivity index (χ3n) is 2.25. The Hall–Kier alpha value is -1.37. The summed E-state index contributed by atoms with van der Waals surface area (Å²) in [5.41, 5.74) is -0.421. The Labute approximate surface area is 102 Å². The van der Waals surface area contributed by atoms with Crippen LogP contribution in [0.1, 0.15) is 16.3 Å². The maximum Gasteiger partial charge on any atom is 0.456 e. The number of ketones is 1. The molecule has 0 aliphatic heterocycles. The van der Waals surface area contributed by atoms with Crippen molar-refractivity contribution < 1.29 is 18.0 Å². The maximum absolute atomic E-state index is 12.3. The Morgan fingerprint density at radius 1 is 1.41 bits per heavy atom. The number of carbonyl (C=O) groups is 1. The Morgan fingerprint density at radius 3 is 2.65 bits per heavy atom. The van der Waals surface area contributed by atoms with Crippen LogP contribution in [0, 0.1) is 6.92 Å². The zero-order valence-corrected chi connectivity index (χ0v) is 10.1. The van der Waals surface area contributed by atoms with Gasteiger partial charge in [-0.1, -0.05) is 0 Å². The highest BCUT2D eigenvalue weighted by molar-refractivity contribution is 9.10. The number of imidazole rings is 1. The zero-order valence-electron chi connectivity index (χ0n) is 8.55. The fraction of sp³-hybridized carbons (Fsp3) is 0.200. The summed E-state index contributed by atoms with van der Waals surface area (Å²) >= 11 is 3.20. The van der Waals surface area contributed by atoms with Gasteiger partial charge in [0.25, 0.3) is 5.78 Å². The second kappa shape index (κ2) is 3.83. The Kier molecular flexibility index (Phi) is 2.73. The van der Waals surface area contributed by atoms with Gasteiger partial charge in [-0.3, -0.25) is 4.79 Å². The van der Waals surface area contributed by atoms with Gasteiger partial charge in [-0.15, -0.1) is 0 Å². The minimum Gasteiger partial charge on any atom is -0.302 e. The minimum absolute atomic E-state index is 0.146. The molecule has 0 aliphatic rings. The van der Waals surface area contributed by atoms with E-state index in [9.17, 15) is 18.0 Å². The predicted molar refractivity (Wildman–Crippen MR) is 58.0 cm³/mol. The molecular formula is C10H6BrF3N2O. The molecular weight excluding hydrogens is 301 g/mol. The van der Waals surface area contributed by atoms with E-state index in [0.717, 1.165) is 0 Å². The lowest BCUT2D eigenvalue weighted by atomic mass is 10.2. The first-order valence-corrected chi connectivity index (χ1v) is 5.36. The second-order valence-corrected chi connectivity index (χ2v) is 4.35. The van der Waals surface area contributed by atoms with Crippen LogP contribution >= 0.6 is 15.9 Å². The number of pyridine rings is 1. The molecule has 2 rings (SSSR count). The van der Waals surface area contributed by atoms with Gasteiger partial charge in [-0.25, -0.2) is 4.98 Å². The molecule has 0 unspecified atom stereocenters. The van der Waals surface area contributed by atoms with Crippen molar-refractivity contribution in [1.82, 2.24) is 9.38 Å². The molecule has 0 saturated heterocycles. The predicted octanol–water partition coefficient (Wildman–Crippen LogP) is 3.15. The van der Waals surface area contributed by atoms with Crippen LogP contribution in [0.3, 0.4) is 0 Å². The van der Waals surface area contributed by atoms with Crippen molar-refractivity contribution in [3.05, 3.63) is 34.3 Å². The number of aryl methyl sites for hydroxylation is 1. The smallest absolute Gasteiger partial charge is 0.302 e. The molecule has 2 heterocycles. The number of hydrogen-bond donors (Lipinski definition) is 0. The van der Waals surface area contributed by atoms with Crippen LogP contribution in [0.5, 0.6) is 0 Å². The van der Waals surface area contributed by atoms with Crippen molar-refractivity contribution in [3.63, 3.8) is 0 Å². The van der Waals surface area contributed by atoms with E-state index in [0.29, 0.717) is 10.3 Å². The summed E-state index contributed by atoms with van der Waals surface area (Å²) in [6.45, 7) is 1.53. The zero-order chi connectivity index (χ0) is 12.8. The van der Waals surface area contributed by atoms with E-state index in [4.69, 9.17) is 0 Å². The first-order valence-electron chi connectivity index (χ1n) is 4.56. The molecule has 0 atom stereocenters. The van der Waals surface area contributed by atoms with Crippen LogP contribution in [0.4, 0.5) is 13.2 Å². The number of alkyl halides is 3. The van der Waals surface area contributed by atoms with Crippen LogP contribution in [-0.2, 0) is 0 Å². The minimum atomic E-state index is -4.91. The molecule has 0 saturated carbocycles. The molecule has 0 amide bonds. The number of fused-ring (bicyclic) bond motifs is 1. The topological polar surface area (TPSA) is 34.4 Å². The summed E-state index contributed by atoms with van der Waals surface area (Å²) in [4.78, 5) is 14.8. The summed E-state index contributed by atoms with van der Waals surface area (Å²) in [5, 5.41) is 0. The average molecular weight is 307 g/mol. The van der Waals surface area contributed by atoms with Crippen LogP contribution in [0.15, 0.2) is 22.8 Å². The molecule has 90 valence electrons. The monoisotopic (exact) mass is 306 g/mol. The van der Waals surface area contributed by atoms with Gasteiger partial charge in [0.15, 0.2) is 0 Å². The van der Waals surface area contributed by atoms with Crippen molar-refractivity contribution in [3.8, 4) is 0 Å². The molecule has 0 aliphatic carbocycles. The normalized spacial score (nSPS) is 12.1. The highest BCUT2D eigenvalue weighted by Gasteiger charge is 2.41. The molecule has 0 N–H and O–H groups in total. The van der Waals surface area contributed by atoms with Gasteiger partial charge in [-0.05, 0) is 35.0 Å². The van der Waals surface area contributed by atoms with Crippen molar-refractivity contribution in [2.24, 2.45) is 0 Å². The van der Waals surface area contributed by atoms with Gasteiger partial charge in [0.05, 0.1) is 5.52 Å². The molecule has 0 spiro atoms. The van der Waals surface area contributed by atoms with Crippen LogP contribution in [-0.4, -0.2) is 21.3 Å². The molecule has 0 radical (unpaired) electrons. The van der Waals surface area contributed by atoms with Gasteiger partial charge in [0.1, 0.15) is 11.5 Å². The summed E-state index contributed by atoms with van der Waals surface area (Å²) in [6.07, 6.45) is -3.35. The van der Waals surface area contributed by atoms with E-state index in [-0.39, 0.29) is 5.52 Å². The average Bonchev–Trinajstić information content (AvgIpc) is 2.53. The Bertz CT molecular complexity index is 603. The standard InChI is InChI=1S/C10H6BrF3N2O/c1-5-15-8(9(17)10(12,13)14)7-3-2-6(11)4-16(5)7/h2-4H,1H3. The summed E-state index contributed by atoms with van der Waals surface area (Å²) in [7, 11) is 0. The Balaban J connectivity index is 2.68. The Morgan fingerprint density at radius 2 is 2.06 bits per heavy atom. The van der Waals surface area contributed by atoms with E-state index in [1.165, 1.54) is 17.4 Å². The fourth-order valence-electron chi connectivity index (χ4n) is 1.51. The van der Waals surface area contributed by atoms with Crippen LogP contribution in [0.25, 0.3) is 5.52 Å². The quantitative estimate of drug-likeness (QED) is 0.759. The first kappa shape index (κ1) is 12.1. The number of aromatic nitrogens is 2. The number of halogens is 4. The third-order valence-corrected chi connectivity index (χ3v) is 2.72. The number of Topliss-reactive ketones (excluding diaryl/α,β-unsaturated/α-hetero) is 1. The molecule has 0 aromatic carbocycles. The number of carbonyl (C=O) groups excluding carboxylic acids is 1. The lowest BCUT2D eigenvalue weighted by Crippen LogP contribution is -2.23. The lowest BCUT2D eigenvalue weighted by Gasteiger charge is -2.02. The number of rotatable bonds is 1. The van der Waals surface area contributed by atoms with Crippen molar-refractivity contribution in [2.75, 3.05) is 0 Å². The third kappa shape index (κ3) is 2.06. The van der Waals surface area contributed by atoms with Gasteiger partial charge < -0.3 is 4.40 Å². The van der Waals surface area contributed by atoms with E-state index >= 15 is 0 Å². The highest BCUT2D eigenvalue weighted by atomic mass is 79.9. The van der Waals surface area contributed by atoms with Crippen molar-refractivity contribution >= 4 is 27.2 Å². The molecule has 0 fully saturated rings. The molecule has 2 aromatic heterocycles. The van der Waals surface area contributed by atoms with E-state index in [1.54, 1.807) is 12.3 Å². The maximum atomic E-state index is 12.3. The second-order valence-electron chi connectivity index (χ2n) is 3.44. The van der Waals surface area contributed by atoms with Crippen LogP contribution < -0.4 is 0 Å². The SMILES string of the molecule is Cc1nc(C(=O)C(F)(F)F)c2ccc(Br)cn12. The molecule has 17 heavy (non-hydrogen) atoms.